The zero-order valence-electron chi connectivity index (χ0n) is 9.31. The number of likely N-dealkylation sites (N-methyl/N-ethyl adjacent to an activating group) is 1. The molecule has 0 spiro atoms. The number of carbonyl (C=O) groups excluding carboxylic acids is 1. The highest BCUT2D eigenvalue weighted by Crippen LogP contribution is 2.16. The number of nitrogens with two attached hydrogens (primary N) is 1. The molecule has 0 bridgehead atoms. The number of aromatic nitrogens is 1. The molecule has 1 fully saturated rings. The van der Waals surface area contributed by atoms with Crippen molar-refractivity contribution in [2.45, 2.75) is 12.5 Å². The molecular formula is C11H16N4O. The molecule has 1 saturated heterocycles. The molecule has 0 aliphatic carbocycles. The number of pyridine rings is 1. The lowest BCUT2D eigenvalue weighted by Crippen LogP contribution is -2.34. The van der Waals surface area contributed by atoms with Gasteiger partial charge in [-0.1, -0.05) is 0 Å². The van der Waals surface area contributed by atoms with Crippen LogP contribution in [0, 0.1) is 0 Å². The van der Waals surface area contributed by atoms with Crippen molar-refractivity contribution in [1.82, 2.24) is 10.3 Å². The molecule has 0 aromatic carbocycles. The summed E-state index contributed by atoms with van der Waals surface area (Å²) in [6.07, 6.45) is 2.72. The summed E-state index contributed by atoms with van der Waals surface area (Å²) in [6, 6.07) is 3.81. The Bertz CT molecular complexity index is 387. The molecule has 2 heterocycles. The van der Waals surface area contributed by atoms with Crippen molar-refractivity contribution in [3.63, 3.8) is 0 Å². The van der Waals surface area contributed by atoms with Crippen molar-refractivity contribution in [3.05, 3.63) is 23.9 Å². The number of hydrogen-bond acceptors (Lipinski definition) is 4. The van der Waals surface area contributed by atoms with Gasteiger partial charge in [0.1, 0.15) is 5.82 Å². The summed E-state index contributed by atoms with van der Waals surface area (Å²) < 4.78 is 0. The Hall–Kier alpha value is -1.62. The van der Waals surface area contributed by atoms with Gasteiger partial charge in [0.2, 0.25) is 5.91 Å². The fourth-order valence-electron chi connectivity index (χ4n) is 1.92. The van der Waals surface area contributed by atoms with E-state index in [1.807, 2.05) is 7.05 Å². The van der Waals surface area contributed by atoms with Crippen LogP contribution in [-0.4, -0.2) is 37.1 Å². The first kappa shape index (κ1) is 10.9. The molecule has 2 rings (SSSR count). The van der Waals surface area contributed by atoms with Crippen LogP contribution < -0.4 is 16.0 Å². The Morgan fingerprint density at radius 3 is 3.12 bits per heavy atom. The lowest BCUT2D eigenvalue weighted by atomic mass is 10.2. The first-order chi connectivity index (χ1) is 7.68. The molecule has 1 aromatic heterocycles. The van der Waals surface area contributed by atoms with E-state index in [4.69, 9.17) is 5.73 Å². The Kier molecular flexibility index (Phi) is 3.05. The third-order valence-electron chi connectivity index (χ3n) is 2.97. The standard InChI is InChI=1S/C11H16N4O/c1-15(9-3-4-13-7-9)10-6-8(11(12)16)2-5-14-10/h2,5-6,9,13H,3-4,7H2,1H3,(H2,12,16). The van der Waals surface area contributed by atoms with Crippen LogP contribution in [0.5, 0.6) is 0 Å². The summed E-state index contributed by atoms with van der Waals surface area (Å²) in [5, 5.41) is 3.30. The highest BCUT2D eigenvalue weighted by molar-refractivity contribution is 5.93. The molecular weight excluding hydrogens is 204 g/mol. The Labute approximate surface area is 94.6 Å². The maximum absolute atomic E-state index is 11.1. The first-order valence-electron chi connectivity index (χ1n) is 5.38. The zero-order valence-corrected chi connectivity index (χ0v) is 9.31. The van der Waals surface area contributed by atoms with Crippen LogP contribution in [0.2, 0.25) is 0 Å². The molecule has 5 nitrogen and oxygen atoms in total. The predicted octanol–water partition coefficient (Wildman–Crippen LogP) is -0.0214. The second-order valence-electron chi connectivity index (χ2n) is 4.02. The van der Waals surface area contributed by atoms with Gasteiger partial charge in [-0.05, 0) is 25.1 Å². The number of hydrogen-bond donors (Lipinski definition) is 2. The summed E-state index contributed by atoms with van der Waals surface area (Å²) in [6.45, 7) is 1.99. The van der Waals surface area contributed by atoms with Gasteiger partial charge >= 0.3 is 0 Å². The number of anilines is 1. The molecule has 0 saturated carbocycles. The van der Waals surface area contributed by atoms with Crippen molar-refractivity contribution in [2.75, 3.05) is 25.0 Å². The summed E-state index contributed by atoms with van der Waals surface area (Å²) in [5.41, 5.74) is 5.74. The van der Waals surface area contributed by atoms with E-state index >= 15 is 0 Å². The van der Waals surface area contributed by atoms with Crippen LogP contribution in [0.1, 0.15) is 16.8 Å². The van der Waals surface area contributed by atoms with Crippen molar-refractivity contribution in [1.29, 1.82) is 0 Å². The molecule has 1 atom stereocenters. The molecule has 0 radical (unpaired) electrons. The molecule has 1 aromatic rings. The lowest BCUT2D eigenvalue weighted by Gasteiger charge is -2.24. The Balaban J connectivity index is 2.18. The monoisotopic (exact) mass is 220 g/mol. The highest BCUT2D eigenvalue weighted by atomic mass is 16.1. The van der Waals surface area contributed by atoms with Crippen molar-refractivity contribution >= 4 is 11.7 Å². The molecule has 5 heteroatoms. The van der Waals surface area contributed by atoms with Gasteiger partial charge in [-0.25, -0.2) is 4.98 Å². The van der Waals surface area contributed by atoms with E-state index < -0.39 is 5.91 Å². The average Bonchev–Trinajstić information content (AvgIpc) is 2.81. The van der Waals surface area contributed by atoms with Crippen LogP contribution in [0.25, 0.3) is 0 Å². The zero-order chi connectivity index (χ0) is 11.5. The maximum Gasteiger partial charge on any atom is 0.248 e. The molecule has 86 valence electrons. The number of primary amides is 1. The summed E-state index contributed by atoms with van der Waals surface area (Å²) in [5.74, 6) is 0.381. The molecule has 3 N–H and O–H groups in total. The summed E-state index contributed by atoms with van der Waals surface area (Å²) in [4.78, 5) is 17.4. The Morgan fingerprint density at radius 1 is 1.69 bits per heavy atom. The van der Waals surface area contributed by atoms with Crippen LogP contribution in [0.15, 0.2) is 18.3 Å². The molecule has 1 amide bonds. The number of carbonyl (C=O) groups is 1. The van der Waals surface area contributed by atoms with Crippen molar-refractivity contribution < 1.29 is 4.79 Å². The maximum atomic E-state index is 11.1. The number of rotatable bonds is 3. The summed E-state index contributed by atoms with van der Waals surface area (Å²) in [7, 11) is 1.99. The molecule has 1 aliphatic heterocycles. The first-order valence-corrected chi connectivity index (χ1v) is 5.38. The fourth-order valence-corrected chi connectivity index (χ4v) is 1.92. The van der Waals surface area contributed by atoms with Gasteiger partial charge < -0.3 is 16.0 Å². The lowest BCUT2D eigenvalue weighted by molar-refractivity contribution is 0.1000. The number of nitrogens with zero attached hydrogens (tertiary/aromatic N) is 2. The van der Waals surface area contributed by atoms with Gasteiger partial charge in [0.25, 0.3) is 0 Å². The van der Waals surface area contributed by atoms with Gasteiger partial charge in [0.05, 0.1) is 0 Å². The fraction of sp³-hybridized carbons (Fsp3) is 0.455. The quantitative estimate of drug-likeness (QED) is 0.751. The smallest absolute Gasteiger partial charge is 0.248 e. The second-order valence-corrected chi connectivity index (χ2v) is 4.02. The van der Waals surface area contributed by atoms with E-state index in [2.05, 4.69) is 15.2 Å². The van der Waals surface area contributed by atoms with Crippen molar-refractivity contribution in [3.8, 4) is 0 Å². The van der Waals surface area contributed by atoms with E-state index in [1.54, 1.807) is 18.3 Å². The van der Waals surface area contributed by atoms with E-state index in [0.717, 1.165) is 25.3 Å². The van der Waals surface area contributed by atoms with Gasteiger partial charge in [0, 0.05) is 31.4 Å². The topological polar surface area (TPSA) is 71.2 Å². The van der Waals surface area contributed by atoms with Crippen LogP contribution in [0.4, 0.5) is 5.82 Å². The molecule has 1 unspecified atom stereocenters. The minimum absolute atomic E-state index is 0.415. The Morgan fingerprint density at radius 2 is 2.50 bits per heavy atom. The van der Waals surface area contributed by atoms with Crippen LogP contribution in [-0.2, 0) is 0 Å². The third kappa shape index (κ3) is 2.14. The van der Waals surface area contributed by atoms with Crippen LogP contribution >= 0.6 is 0 Å². The number of amides is 1. The highest BCUT2D eigenvalue weighted by Gasteiger charge is 2.20. The average molecular weight is 220 g/mol. The normalized spacial score (nSPS) is 19.7. The largest absolute Gasteiger partial charge is 0.366 e. The van der Waals surface area contributed by atoms with E-state index in [1.165, 1.54) is 0 Å². The number of nitrogens with one attached hydrogen (secondary N) is 1. The second kappa shape index (κ2) is 4.49. The minimum atomic E-state index is -0.415. The minimum Gasteiger partial charge on any atom is -0.366 e. The SMILES string of the molecule is CN(c1cc(C(N)=O)ccn1)C1CCNC1. The van der Waals surface area contributed by atoms with Gasteiger partial charge in [-0.2, -0.15) is 0 Å². The van der Waals surface area contributed by atoms with E-state index in [0.29, 0.717) is 11.6 Å². The molecule has 16 heavy (non-hydrogen) atoms. The van der Waals surface area contributed by atoms with Crippen LogP contribution in [0.3, 0.4) is 0 Å². The van der Waals surface area contributed by atoms with Gasteiger partial charge in [-0.15, -0.1) is 0 Å². The predicted molar refractivity (Wildman–Crippen MR) is 62.4 cm³/mol. The third-order valence-corrected chi connectivity index (χ3v) is 2.97. The van der Waals surface area contributed by atoms with E-state index in [-0.39, 0.29) is 0 Å². The van der Waals surface area contributed by atoms with Gasteiger partial charge in [0.15, 0.2) is 0 Å². The van der Waals surface area contributed by atoms with Gasteiger partial charge in [-0.3, -0.25) is 4.79 Å². The van der Waals surface area contributed by atoms with E-state index in [9.17, 15) is 4.79 Å². The van der Waals surface area contributed by atoms with Crippen molar-refractivity contribution in [2.24, 2.45) is 5.73 Å². The molecule has 1 aliphatic rings. The summed E-state index contributed by atoms with van der Waals surface area (Å²) >= 11 is 0.